The van der Waals surface area contributed by atoms with Gasteiger partial charge in [0.15, 0.2) is 5.76 Å². The lowest BCUT2D eigenvalue weighted by molar-refractivity contribution is 0.357. The zero-order valence-electron chi connectivity index (χ0n) is 6.73. The first-order chi connectivity index (χ1) is 5.49. The highest BCUT2D eigenvalue weighted by molar-refractivity contribution is 7.91. The lowest BCUT2D eigenvalue weighted by Gasteiger charge is -1.96. The average molecular weight is 191 g/mol. The van der Waals surface area contributed by atoms with Gasteiger partial charge in [0.05, 0.1) is 5.69 Å². The first-order valence-electron chi connectivity index (χ1n) is 3.25. The summed E-state index contributed by atoms with van der Waals surface area (Å²) in [5.74, 6) is -0.711. The Morgan fingerprint density at radius 2 is 2.08 bits per heavy atom. The van der Waals surface area contributed by atoms with Crippen molar-refractivity contribution in [3.63, 3.8) is 0 Å². The number of hydrogen-bond donors (Lipinski definition) is 1. The molecule has 0 saturated heterocycles. The molecule has 0 spiro atoms. The topological polar surface area (TPSA) is 80.4 Å². The van der Waals surface area contributed by atoms with Crippen molar-refractivity contribution in [3.8, 4) is 0 Å². The Morgan fingerprint density at radius 3 is 2.42 bits per heavy atom. The predicted molar refractivity (Wildman–Crippen MR) is 40.2 cm³/mol. The molecular formula is C6H9NO4S. The minimum absolute atomic E-state index is 0.00926. The maximum atomic E-state index is 11.2. The number of aromatic nitrogens is 1. The highest BCUT2D eigenvalue weighted by Crippen LogP contribution is 2.19. The Hall–Kier alpha value is -0.880. The summed E-state index contributed by atoms with van der Waals surface area (Å²) >= 11 is 0. The molecule has 0 aliphatic carbocycles. The first-order valence-corrected chi connectivity index (χ1v) is 4.90. The van der Waals surface area contributed by atoms with E-state index in [9.17, 15) is 8.42 Å². The molecule has 12 heavy (non-hydrogen) atoms. The molecule has 0 saturated carbocycles. The van der Waals surface area contributed by atoms with E-state index in [4.69, 9.17) is 5.11 Å². The number of aryl methyl sites for hydroxylation is 2. The summed E-state index contributed by atoms with van der Waals surface area (Å²) in [6, 6.07) is 0. The Kier molecular flexibility index (Phi) is 2.20. The molecule has 0 fully saturated rings. The smallest absolute Gasteiger partial charge is 0.207 e. The Bertz CT molecular complexity index is 359. The van der Waals surface area contributed by atoms with Crippen molar-refractivity contribution in [3.05, 3.63) is 11.5 Å². The molecule has 0 aromatic carbocycles. The SMILES string of the molecule is Cc1noc(C)c1S(=O)(=O)CO. The van der Waals surface area contributed by atoms with Crippen LogP contribution in [0, 0.1) is 13.8 Å². The molecule has 0 aliphatic heterocycles. The van der Waals surface area contributed by atoms with Gasteiger partial charge in [0.25, 0.3) is 0 Å². The fraction of sp³-hybridized carbons (Fsp3) is 0.500. The van der Waals surface area contributed by atoms with Crippen molar-refractivity contribution in [1.29, 1.82) is 0 Å². The standard InChI is InChI=1S/C6H9NO4S/c1-4-6(5(2)11-7-4)12(9,10)3-8/h8H,3H2,1-2H3. The second kappa shape index (κ2) is 2.87. The number of sulfone groups is 1. The van der Waals surface area contributed by atoms with Crippen LogP contribution in [0.4, 0.5) is 0 Å². The van der Waals surface area contributed by atoms with Gasteiger partial charge in [-0.05, 0) is 13.8 Å². The molecule has 0 atom stereocenters. The molecule has 1 aromatic rings. The maximum Gasteiger partial charge on any atom is 0.207 e. The Balaban J connectivity index is 3.37. The van der Waals surface area contributed by atoms with Gasteiger partial charge in [-0.2, -0.15) is 0 Å². The third kappa shape index (κ3) is 1.35. The van der Waals surface area contributed by atoms with Crippen LogP contribution in [0.25, 0.3) is 0 Å². The third-order valence-electron chi connectivity index (χ3n) is 1.45. The molecule has 1 N–H and O–H groups in total. The summed E-state index contributed by atoms with van der Waals surface area (Å²) in [6.07, 6.45) is 0. The summed E-state index contributed by atoms with van der Waals surface area (Å²) in [5, 5.41) is 12.0. The van der Waals surface area contributed by atoms with E-state index >= 15 is 0 Å². The quantitative estimate of drug-likeness (QED) is 0.712. The molecule has 1 aromatic heterocycles. The average Bonchev–Trinajstić information content (AvgIpc) is 2.31. The number of rotatable bonds is 2. The lowest BCUT2D eigenvalue weighted by Crippen LogP contribution is -2.07. The first kappa shape index (κ1) is 9.21. The largest absolute Gasteiger partial charge is 0.380 e. The van der Waals surface area contributed by atoms with E-state index in [2.05, 4.69) is 9.68 Å². The van der Waals surface area contributed by atoms with Gasteiger partial charge in [-0.15, -0.1) is 0 Å². The lowest BCUT2D eigenvalue weighted by atomic mass is 10.4. The zero-order valence-corrected chi connectivity index (χ0v) is 7.55. The Labute approximate surface area is 69.9 Å². The summed E-state index contributed by atoms with van der Waals surface area (Å²) in [4.78, 5) is -0.00926. The zero-order chi connectivity index (χ0) is 9.35. The molecule has 0 unspecified atom stereocenters. The van der Waals surface area contributed by atoms with E-state index in [-0.39, 0.29) is 16.3 Å². The van der Waals surface area contributed by atoms with Crippen LogP contribution in [-0.2, 0) is 9.84 Å². The van der Waals surface area contributed by atoms with Crippen LogP contribution in [0.2, 0.25) is 0 Å². The molecule has 0 bridgehead atoms. The van der Waals surface area contributed by atoms with E-state index < -0.39 is 15.8 Å². The normalized spacial score (nSPS) is 11.9. The van der Waals surface area contributed by atoms with E-state index in [0.717, 1.165) is 0 Å². The second-order valence-corrected chi connectivity index (χ2v) is 4.29. The molecule has 6 heteroatoms. The highest BCUT2D eigenvalue weighted by atomic mass is 32.2. The molecule has 1 rings (SSSR count). The van der Waals surface area contributed by atoms with Gasteiger partial charge in [-0.3, -0.25) is 0 Å². The third-order valence-corrected chi connectivity index (χ3v) is 2.99. The van der Waals surface area contributed by atoms with Gasteiger partial charge in [-0.25, -0.2) is 8.42 Å². The van der Waals surface area contributed by atoms with E-state index in [1.165, 1.54) is 13.8 Å². The number of aliphatic hydroxyl groups excluding tert-OH is 1. The predicted octanol–water partition coefficient (Wildman–Crippen LogP) is 0.0149. The molecule has 0 amide bonds. The van der Waals surface area contributed by atoms with Gasteiger partial charge in [-0.1, -0.05) is 5.16 Å². The van der Waals surface area contributed by atoms with Crippen LogP contribution < -0.4 is 0 Å². The fourth-order valence-corrected chi connectivity index (χ4v) is 2.07. The van der Waals surface area contributed by atoms with Crippen LogP contribution >= 0.6 is 0 Å². The summed E-state index contributed by atoms with van der Waals surface area (Å²) < 4.78 is 27.0. The van der Waals surface area contributed by atoms with Crippen LogP contribution in [0.1, 0.15) is 11.5 Å². The molecule has 0 radical (unpaired) electrons. The molecule has 5 nitrogen and oxygen atoms in total. The van der Waals surface area contributed by atoms with Crippen molar-refractivity contribution in [2.24, 2.45) is 0 Å². The van der Waals surface area contributed by atoms with E-state index in [1.54, 1.807) is 0 Å². The minimum atomic E-state index is -3.62. The summed E-state index contributed by atoms with van der Waals surface area (Å²) in [7, 11) is -3.62. The Morgan fingerprint density at radius 1 is 1.50 bits per heavy atom. The van der Waals surface area contributed by atoms with Crippen molar-refractivity contribution in [2.75, 3.05) is 5.94 Å². The van der Waals surface area contributed by atoms with Crippen LogP contribution in [0.15, 0.2) is 9.42 Å². The van der Waals surface area contributed by atoms with Crippen molar-refractivity contribution in [1.82, 2.24) is 5.16 Å². The van der Waals surface area contributed by atoms with Crippen LogP contribution in [0.3, 0.4) is 0 Å². The van der Waals surface area contributed by atoms with E-state index in [1.807, 2.05) is 0 Å². The summed E-state index contributed by atoms with van der Waals surface area (Å²) in [6.45, 7) is 3.00. The monoisotopic (exact) mass is 191 g/mol. The van der Waals surface area contributed by atoms with Gasteiger partial charge in [0.2, 0.25) is 9.84 Å². The molecule has 1 heterocycles. The maximum absolute atomic E-state index is 11.2. The van der Waals surface area contributed by atoms with Gasteiger partial charge in [0, 0.05) is 0 Å². The second-order valence-electron chi connectivity index (χ2n) is 2.40. The molecule has 68 valence electrons. The van der Waals surface area contributed by atoms with Gasteiger partial charge in [0.1, 0.15) is 10.8 Å². The fourth-order valence-electron chi connectivity index (χ4n) is 0.983. The van der Waals surface area contributed by atoms with E-state index in [0.29, 0.717) is 0 Å². The number of hydrogen-bond acceptors (Lipinski definition) is 5. The number of aliphatic hydroxyl groups is 1. The van der Waals surface area contributed by atoms with Crippen molar-refractivity contribution in [2.45, 2.75) is 18.7 Å². The van der Waals surface area contributed by atoms with Gasteiger partial charge >= 0.3 is 0 Å². The highest BCUT2D eigenvalue weighted by Gasteiger charge is 2.22. The van der Waals surface area contributed by atoms with Crippen molar-refractivity contribution >= 4 is 9.84 Å². The molecule has 0 aliphatic rings. The minimum Gasteiger partial charge on any atom is -0.380 e. The van der Waals surface area contributed by atoms with Crippen LogP contribution in [-0.4, -0.2) is 24.6 Å². The molecular weight excluding hydrogens is 182 g/mol. The van der Waals surface area contributed by atoms with Gasteiger partial charge < -0.3 is 9.63 Å². The van der Waals surface area contributed by atoms with Crippen LogP contribution in [0.5, 0.6) is 0 Å². The number of nitrogens with zero attached hydrogens (tertiary/aromatic N) is 1. The van der Waals surface area contributed by atoms with Crippen molar-refractivity contribution < 1.29 is 18.0 Å². The summed E-state index contributed by atoms with van der Waals surface area (Å²) in [5.41, 5.74) is 0.279.